The quantitative estimate of drug-likeness (QED) is 0.593. The number of benzene rings is 2. The molecule has 1 saturated heterocycles. The van der Waals surface area contributed by atoms with Crippen molar-refractivity contribution in [1.29, 1.82) is 0 Å². The minimum atomic E-state index is -0.132. The first-order valence-corrected chi connectivity index (χ1v) is 12.6. The molecule has 0 unspecified atom stereocenters. The Balaban J connectivity index is 1.19. The first-order valence-electron chi connectivity index (χ1n) is 12.6. The standard InChI is InChI=1S/C28H37N3O3/c1-34-27(32)16-9-22-7-12-25(13-8-22)29-28(33)24-10-14-26(15-11-24)31-19-17-30(18-20-31)21-23-5-3-2-4-6-23/h2-6,10-11,14-15,22,25H,7-9,12-13,16-21H2,1H3,(H,29,33)/t22-,25-. The van der Waals surface area contributed by atoms with Gasteiger partial charge in [-0.05, 0) is 67.9 Å². The van der Waals surface area contributed by atoms with Crippen LogP contribution in [0.2, 0.25) is 0 Å². The van der Waals surface area contributed by atoms with E-state index >= 15 is 0 Å². The number of anilines is 1. The summed E-state index contributed by atoms with van der Waals surface area (Å²) in [6.07, 6.45) is 5.43. The summed E-state index contributed by atoms with van der Waals surface area (Å²) in [7, 11) is 1.44. The van der Waals surface area contributed by atoms with Crippen molar-refractivity contribution in [3.05, 3.63) is 65.7 Å². The summed E-state index contributed by atoms with van der Waals surface area (Å²) in [6.45, 7) is 5.08. The first kappa shape index (κ1) is 24.3. The number of hydrogen-bond acceptors (Lipinski definition) is 5. The van der Waals surface area contributed by atoms with Gasteiger partial charge in [-0.1, -0.05) is 30.3 Å². The largest absolute Gasteiger partial charge is 0.469 e. The van der Waals surface area contributed by atoms with Gasteiger partial charge >= 0.3 is 5.97 Å². The Kier molecular flexibility index (Phi) is 8.58. The Bertz CT molecular complexity index is 916. The van der Waals surface area contributed by atoms with Crippen LogP contribution in [0.4, 0.5) is 5.69 Å². The van der Waals surface area contributed by atoms with Crippen LogP contribution in [0, 0.1) is 5.92 Å². The van der Waals surface area contributed by atoms with E-state index in [1.54, 1.807) is 0 Å². The number of carbonyl (C=O) groups excluding carboxylic acids is 2. The highest BCUT2D eigenvalue weighted by atomic mass is 16.5. The average Bonchev–Trinajstić information content (AvgIpc) is 2.89. The van der Waals surface area contributed by atoms with Crippen molar-refractivity contribution >= 4 is 17.6 Å². The summed E-state index contributed by atoms with van der Waals surface area (Å²) in [5, 5.41) is 3.21. The van der Waals surface area contributed by atoms with Crippen LogP contribution in [0.3, 0.4) is 0 Å². The van der Waals surface area contributed by atoms with E-state index in [-0.39, 0.29) is 17.9 Å². The number of nitrogens with zero attached hydrogens (tertiary/aromatic N) is 2. The van der Waals surface area contributed by atoms with Gasteiger partial charge in [0, 0.05) is 56.4 Å². The Morgan fingerprint density at radius 2 is 1.59 bits per heavy atom. The van der Waals surface area contributed by atoms with Gasteiger partial charge in [0.25, 0.3) is 5.91 Å². The summed E-state index contributed by atoms with van der Waals surface area (Å²) in [4.78, 5) is 29.0. The predicted molar refractivity (Wildman–Crippen MR) is 135 cm³/mol. The highest BCUT2D eigenvalue weighted by Crippen LogP contribution is 2.28. The molecule has 1 heterocycles. The molecule has 1 saturated carbocycles. The molecule has 1 aliphatic heterocycles. The molecule has 2 aliphatic rings. The molecule has 6 heteroatoms. The SMILES string of the molecule is COC(=O)CC[C@H]1CC[C@H](NC(=O)c2ccc(N3CCN(Cc4ccccc4)CC3)cc2)CC1. The van der Waals surface area contributed by atoms with Crippen molar-refractivity contribution in [3.63, 3.8) is 0 Å². The van der Waals surface area contributed by atoms with Crippen LogP contribution in [0.15, 0.2) is 54.6 Å². The maximum absolute atomic E-state index is 12.8. The third-order valence-electron chi connectivity index (χ3n) is 7.28. The number of methoxy groups -OCH3 is 1. The van der Waals surface area contributed by atoms with Gasteiger partial charge in [-0.2, -0.15) is 0 Å². The number of amides is 1. The topological polar surface area (TPSA) is 61.9 Å². The zero-order valence-electron chi connectivity index (χ0n) is 20.2. The van der Waals surface area contributed by atoms with Gasteiger partial charge in [0.15, 0.2) is 0 Å². The third-order valence-corrected chi connectivity index (χ3v) is 7.28. The van der Waals surface area contributed by atoms with Crippen LogP contribution in [-0.4, -0.2) is 56.1 Å². The molecule has 2 aromatic rings. The maximum atomic E-state index is 12.8. The number of carbonyl (C=O) groups is 2. The molecular formula is C28H37N3O3. The molecule has 2 aromatic carbocycles. The predicted octanol–water partition coefficient (Wildman–Crippen LogP) is 4.25. The first-order chi connectivity index (χ1) is 16.6. The minimum Gasteiger partial charge on any atom is -0.469 e. The highest BCUT2D eigenvalue weighted by molar-refractivity contribution is 5.94. The molecule has 0 bridgehead atoms. The van der Waals surface area contributed by atoms with Crippen LogP contribution in [0.5, 0.6) is 0 Å². The van der Waals surface area contributed by atoms with Crippen molar-refractivity contribution in [2.24, 2.45) is 5.92 Å². The van der Waals surface area contributed by atoms with E-state index in [9.17, 15) is 9.59 Å². The molecule has 34 heavy (non-hydrogen) atoms. The lowest BCUT2D eigenvalue weighted by Gasteiger charge is -2.36. The molecule has 0 atom stereocenters. The Hall–Kier alpha value is -2.86. The van der Waals surface area contributed by atoms with Crippen molar-refractivity contribution in [1.82, 2.24) is 10.2 Å². The third kappa shape index (κ3) is 6.83. The zero-order valence-corrected chi connectivity index (χ0v) is 20.2. The molecule has 0 spiro atoms. The Morgan fingerprint density at radius 1 is 0.912 bits per heavy atom. The fourth-order valence-electron chi connectivity index (χ4n) is 5.12. The second kappa shape index (κ2) is 12.0. The van der Waals surface area contributed by atoms with E-state index in [1.807, 2.05) is 12.1 Å². The molecule has 4 rings (SSSR count). The average molecular weight is 464 g/mol. The molecule has 1 aliphatic carbocycles. The van der Waals surface area contributed by atoms with Crippen LogP contribution < -0.4 is 10.2 Å². The van der Waals surface area contributed by atoms with Crippen LogP contribution >= 0.6 is 0 Å². The van der Waals surface area contributed by atoms with E-state index in [1.165, 1.54) is 18.4 Å². The van der Waals surface area contributed by atoms with Gasteiger partial charge in [-0.15, -0.1) is 0 Å². The van der Waals surface area contributed by atoms with E-state index < -0.39 is 0 Å². The lowest BCUT2D eigenvalue weighted by molar-refractivity contribution is -0.141. The molecule has 182 valence electrons. The Morgan fingerprint density at radius 3 is 2.24 bits per heavy atom. The Labute approximate surface area is 203 Å². The van der Waals surface area contributed by atoms with E-state index in [0.717, 1.165) is 70.4 Å². The van der Waals surface area contributed by atoms with Crippen LogP contribution in [-0.2, 0) is 16.1 Å². The molecule has 6 nitrogen and oxygen atoms in total. The van der Waals surface area contributed by atoms with Crippen molar-refractivity contribution in [3.8, 4) is 0 Å². The van der Waals surface area contributed by atoms with Gasteiger partial charge in [0.1, 0.15) is 0 Å². The lowest BCUT2D eigenvalue weighted by atomic mass is 9.83. The molecule has 0 aromatic heterocycles. The van der Waals surface area contributed by atoms with Crippen molar-refractivity contribution in [2.45, 2.75) is 51.1 Å². The van der Waals surface area contributed by atoms with Crippen molar-refractivity contribution < 1.29 is 14.3 Å². The monoisotopic (exact) mass is 463 g/mol. The fraction of sp³-hybridized carbons (Fsp3) is 0.500. The van der Waals surface area contributed by atoms with Crippen LogP contribution in [0.25, 0.3) is 0 Å². The summed E-state index contributed by atoms with van der Waals surface area (Å²) in [6, 6.07) is 18.9. The van der Waals surface area contributed by atoms with Gasteiger partial charge < -0.3 is 15.0 Å². The number of hydrogen-bond donors (Lipinski definition) is 1. The second-order valence-electron chi connectivity index (χ2n) is 9.60. The number of piperazine rings is 1. The molecule has 0 radical (unpaired) electrons. The molecule has 1 amide bonds. The van der Waals surface area contributed by atoms with Gasteiger partial charge in [-0.3, -0.25) is 14.5 Å². The number of esters is 1. The van der Waals surface area contributed by atoms with Gasteiger partial charge in [0.2, 0.25) is 0 Å². The summed E-state index contributed by atoms with van der Waals surface area (Å²) < 4.78 is 4.74. The highest BCUT2D eigenvalue weighted by Gasteiger charge is 2.24. The van der Waals surface area contributed by atoms with E-state index in [0.29, 0.717) is 12.3 Å². The summed E-state index contributed by atoms with van der Waals surface area (Å²) >= 11 is 0. The smallest absolute Gasteiger partial charge is 0.305 e. The molecule has 2 fully saturated rings. The maximum Gasteiger partial charge on any atom is 0.305 e. The zero-order chi connectivity index (χ0) is 23.8. The minimum absolute atomic E-state index is 0.0113. The fourth-order valence-corrected chi connectivity index (χ4v) is 5.12. The summed E-state index contributed by atoms with van der Waals surface area (Å²) in [5.41, 5.74) is 3.27. The normalized spacial score (nSPS) is 21.1. The van der Waals surface area contributed by atoms with Crippen LogP contribution in [0.1, 0.15) is 54.4 Å². The molecular weight excluding hydrogens is 426 g/mol. The van der Waals surface area contributed by atoms with Gasteiger partial charge in [0.05, 0.1) is 7.11 Å². The van der Waals surface area contributed by atoms with Crippen molar-refractivity contribution in [2.75, 3.05) is 38.2 Å². The number of nitrogens with one attached hydrogen (secondary N) is 1. The van der Waals surface area contributed by atoms with E-state index in [4.69, 9.17) is 4.74 Å². The number of ether oxygens (including phenoxy) is 1. The number of rotatable bonds is 8. The summed E-state index contributed by atoms with van der Waals surface area (Å²) in [5.74, 6) is 0.435. The van der Waals surface area contributed by atoms with Gasteiger partial charge in [-0.25, -0.2) is 0 Å². The molecule has 1 N–H and O–H groups in total. The van der Waals surface area contributed by atoms with E-state index in [2.05, 4.69) is 57.6 Å². The second-order valence-corrected chi connectivity index (χ2v) is 9.60. The lowest BCUT2D eigenvalue weighted by Crippen LogP contribution is -2.46.